The molecule has 0 aliphatic rings. The van der Waals surface area contributed by atoms with Crippen molar-refractivity contribution in [2.24, 2.45) is 0 Å². The van der Waals surface area contributed by atoms with E-state index in [-0.39, 0.29) is 0 Å². The van der Waals surface area contributed by atoms with Gasteiger partial charge in [0, 0.05) is 5.88 Å². The first kappa shape index (κ1) is 10.0. The highest BCUT2D eigenvalue weighted by atomic mass is 35.5. The van der Waals surface area contributed by atoms with Gasteiger partial charge in [-0.1, -0.05) is 30.3 Å². The lowest BCUT2D eigenvalue weighted by Crippen LogP contribution is -1.85. The summed E-state index contributed by atoms with van der Waals surface area (Å²) in [7, 11) is 0. The zero-order valence-electron chi connectivity index (χ0n) is 8.20. The molecule has 0 aliphatic carbocycles. The molecule has 0 atom stereocenters. The average Bonchev–Trinajstić information content (AvgIpc) is 2.28. The molecular formula is C13H10ClN. The van der Waals surface area contributed by atoms with Gasteiger partial charge in [-0.2, -0.15) is 5.26 Å². The normalized spacial score (nSPS) is 10.1. The molecule has 1 nitrogen and oxygen atoms in total. The molecule has 0 spiro atoms. The van der Waals surface area contributed by atoms with Crippen LogP contribution in [0.15, 0.2) is 36.4 Å². The number of benzene rings is 2. The van der Waals surface area contributed by atoms with E-state index in [4.69, 9.17) is 16.9 Å². The zero-order chi connectivity index (χ0) is 10.7. The quantitative estimate of drug-likeness (QED) is 0.702. The molecule has 0 radical (unpaired) electrons. The van der Waals surface area contributed by atoms with Gasteiger partial charge in [-0.3, -0.25) is 0 Å². The summed E-state index contributed by atoms with van der Waals surface area (Å²) >= 11 is 5.87. The van der Waals surface area contributed by atoms with Crippen molar-refractivity contribution < 1.29 is 0 Å². The van der Waals surface area contributed by atoms with Gasteiger partial charge in [0.2, 0.25) is 0 Å². The van der Waals surface area contributed by atoms with Gasteiger partial charge in [-0.05, 0) is 28.0 Å². The second-order valence-electron chi connectivity index (χ2n) is 3.44. The number of fused-ring (bicyclic) bond motifs is 1. The molecule has 15 heavy (non-hydrogen) atoms. The van der Waals surface area contributed by atoms with E-state index in [1.165, 1.54) is 5.39 Å². The molecule has 0 N–H and O–H groups in total. The van der Waals surface area contributed by atoms with Crippen LogP contribution in [-0.2, 0) is 12.3 Å². The Bertz CT molecular complexity index is 526. The third-order valence-corrected chi connectivity index (χ3v) is 2.75. The molecule has 0 aliphatic heterocycles. The maximum absolute atomic E-state index is 8.64. The highest BCUT2D eigenvalue weighted by Gasteiger charge is 2.00. The van der Waals surface area contributed by atoms with Gasteiger partial charge in [0.1, 0.15) is 0 Å². The predicted octanol–water partition coefficient (Wildman–Crippen LogP) is 3.64. The molecular weight excluding hydrogens is 206 g/mol. The monoisotopic (exact) mass is 215 g/mol. The Morgan fingerprint density at radius 3 is 2.80 bits per heavy atom. The fourth-order valence-electron chi connectivity index (χ4n) is 1.70. The van der Waals surface area contributed by atoms with Crippen LogP contribution in [0, 0.1) is 11.3 Å². The van der Waals surface area contributed by atoms with Crippen LogP contribution in [0.25, 0.3) is 10.8 Å². The molecule has 0 aromatic heterocycles. The Balaban J connectivity index is 2.63. The summed E-state index contributed by atoms with van der Waals surface area (Å²) < 4.78 is 0. The highest BCUT2D eigenvalue weighted by Crippen LogP contribution is 2.21. The molecule has 0 saturated carbocycles. The van der Waals surface area contributed by atoms with Gasteiger partial charge < -0.3 is 0 Å². The second kappa shape index (κ2) is 4.33. The topological polar surface area (TPSA) is 23.8 Å². The van der Waals surface area contributed by atoms with E-state index in [0.717, 1.165) is 16.5 Å². The zero-order valence-corrected chi connectivity index (χ0v) is 8.96. The molecule has 0 heterocycles. The fourth-order valence-corrected chi connectivity index (χ4v) is 1.94. The summed E-state index contributed by atoms with van der Waals surface area (Å²) in [6, 6.07) is 14.3. The number of rotatable bonds is 2. The Labute approximate surface area is 93.9 Å². The minimum Gasteiger partial charge on any atom is -0.198 e. The van der Waals surface area contributed by atoms with Crippen molar-refractivity contribution in [1.29, 1.82) is 5.26 Å². The second-order valence-corrected chi connectivity index (χ2v) is 3.71. The van der Waals surface area contributed by atoms with E-state index in [0.29, 0.717) is 12.3 Å². The molecule has 2 aromatic rings. The summed E-state index contributed by atoms with van der Waals surface area (Å²) in [6.07, 6.45) is 0.451. The van der Waals surface area contributed by atoms with E-state index in [1.54, 1.807) is 0 Å². The number of hydrogen-bond acceptors (Lipinski definition) is 1. The van der Waals surface area contributed by atoms with Crippen molar-refractivity contribution in [3.05, 3.63) is 47.5 Å². The number of alkyl halides is 1. The predicted molar refractivity (Wildman–Crippen MR) is 62.8 cm³/mol. The van der Waals surface area contributed by atoms with Crippen molar-refractivity contribution in [1.82, 2.24) is 0 Å². The molecule has 0 saturated heterocycles. The van der Waals surface area contributed by atoms with E-state index in [9.17, 15) is 0 Å². The van der Waals surface area contributed by atoms with E-state index in [1.807, 2.05) is 24.3 Å². The summed E-state index contributed by atoms with van der Waals surface area (Å²) in [5, 5.41) is 11.0. The first-order valence-corrected chi connectivity index (χ1v) is 5.32. The third-order valence-electron chi connectivity index (χ3n) is 2.46. The molecule has 0 bridgehead atoms. The molecule has 2 rings (SSSR count). The summed E-state index contributed by atoms with van der Waals surface area (Å²) in [5.41, 5.74) is 2.16. The average molecular weight is 216 g/mol. The van der Waals surface area contributed by atoms with E-state index >= 15 is 0 Å². The van der Waals surface area contributed by atoms with Crippen LogP contribution in [0.2, 0.25) is 0 Å². The fraction of sp³-hybridized carbons (Fsp3) is 0.154. The van der Waals surface area contributed by atoms with Crippen molar-refractivity contribution in [2.45, 2.75) is 12.3 Å². The first-order valence-electron chi connectivity index (χ1n) is 4.78. The number of nitrogens with zero attached hydrogens (tertiary/aromatic N) is 1. The van der Waals surface area contributed by atoms with Gasteiger partial charge in [0.25, 0.3) is 0 Å². The molecule has 0 unspecified atom stereocenters. The SMILES string of the molecule is N#CCc1ccc2cccc(CCl)c2c1. The van der Waals surface area contributed by atoms with Crippen molar-refractivity contribution in [2.75, 3.05) is 0 Å². The van der Waals surface area contributed by atoms with Crippen molar-refractivity contribution >= 4 is 22.4 Å². The number of hydrogen-bond donors (Lipinski definition) is 0. The van der Waals surface area contributed by atoms with E-state index < -0.39 is 0 Å². The minimum atomic E-state index is 0.451. The Morgan fingerprint density at radius 2 is 2.07 bits per heavy atom. The lowest BCUT2D eigenvalue weighted by atomic mass is 10.0. The molecule has 0 amide bonds. The molecule has 0 fully saturated rings. The Morgan fingerprint density at radius 1 is 1.20 bits per heavy atom. The maximum atomic E-state index is 8.64. The largest absolute Gasteiger partial charge is 0.198 e. The van der Waals surface area contributed by atoms with Gasteiger partial charge in [0.15, 0.2) is 0 Å². The lowest BCUT2D eigenvalue weighted by Gasteiger charge is -2.04. The summed E-state index contributed by atoms with van der Waals surface area (Å²) in [5.74, 6) is 0.507. The smallest absolute Gasteiger partial charge is 0.0669 e. The Hall–Kier alpha value is -1.52. The van der Waals surface area contributed by atoms with Gasteiger partial charge >= 0.3 is 0 Å². The highest BCUT2D eigenvalue weighted by molar-refractivity contribution is 6.18. The van der Waals surface area contributed by atoms with Crippen LogP contribution in [-0.4, -0.2) is 0 Å². The van der Waals surface area contributed by atoms with E-state index in [2.05, 4.69) is 18.2 Å². The van der Waals surface area contributed by atoms with Crippen molar-refractivity contribution in [3.8, 4) is 6.07 Å². The number of halogens is 1. The van der Waals surface area contributed by atoms with Gasteiger partial charge in [-0.15, -0.1) is 11.6 Å². The van der Waals surface area contributed by atoms with Crippen LogP contribution in [0.1, 0.15) is 11.1 Å². The molecule has 2 aromatic carbocycles. The van der Waals surface area contributed by atoms with Crippen LogP contribution in [0.3, 0.4) is 0 Å². The van der Waals surface area contributed by atoms with Crippen LogP contribution >= 0.6 is 11.6 Å². The van der Waals surface area contributed by atoms with Gasteiger partial charge in [0.05, 0.1) is 12.5 Å². The minimum absolute atomic E-state index is 0.451. The lowest BCUT2D eigenvalue weighted by molar-refractivity contribution is 1.27. The van der Waals surface area contributed by atoms with Crippen LogP contribution in [0.5, 0.6) is 0 Å². The van der Waals surface area contributed by atoms with Crippen molar-refractivity contribution in [3.63, 3.8) is 0 Å². The third kappa shape index (κ3) is 1.95. The Kier molecular flexibility index (Phi) is 2.89. The molecule has 2 heteroatoms. The molecule has 74 valence electrons. The standard InChI is InChI=1S/C13H10ClN/c14-9-12-3-1-2-11-5-4-10(6-7-15)8-13(11)12/h1-5,8H,6,9H2. The first-order chi connectivity index (χ1) is 7.35. The van der Waals surface area contributed by atoms with Gasteiger partial charge in [-0.25, -0.2) is 0 Å². The number of nitriles is 1. The van der Waals surface area contributed by atoms with Crippen LogP contribution < -0.4 is 0 Å². The maximum Gasteiger partial charge on any atom is 0.0669 e. The summed E-state index contributed by atoms with van der Waals surface area (Å²) in [4.78, 5) is 0. The summed E-state index contributed by atoms with van der Waals surface area (Å²) in [6.45, 7) is 0. The van der Waals surface area contributed by atoms with Crippen LogP contribution in [0.4, 0.5) is 0 Å².